The van der Waals surface area contributed by atoms with E-state index in [2.05, 4.69) is 10.5 Å². The highest BCUT2D eigenvalue weighted by atomic mass is 19.4. The zero-order valence-corrected chi connectivity index (χ0v) is 11.0. The summed E-state index contributed by atoms with van der Waals surface area (Å²) in [7, 11) is 0. The zero-order valence-electron chi connectivity index (χ0n) is 11.0. The molecule has 0 bridgehead atoms. The molecule has 0 spiro atoms. The van der Waals surface area contributed by atoms with Crippen molar-refractivity contribution >= 4 is 11.7 Å². The molecule has 0 unspecified atom stereocenters. The molecule has 0 aromatic rings. The van der Waals surface area contributed by atoms with Gasteiger partial charge in [-0.1, -0.05) is 24.4 Å². The summed E-state index contributed by atoms with van der Waals surface area (Å²) in [5, 5.41) is 13.8. The standard InChI is InChI=1S/C12H18F3N3O2/c13-12(14,15)11(6-7-11)17-9(19)10(8(16)18-20)4-2-1-3-5-10/h20H,1-7H2,(H2,16,18)(H,17,19). The van der Waals surface area contributed by atoms with Crippen LogP contribution in [0.3, 0.4) is 0 Å². The number of nitrogens with zero attached hydrogens (tertiary/aromatic N) is 1. The molecule has 2 saturated carbocycles. The molecule has 5 nitrogen and oxygen atoms in total. The average Bonchev–Trinajstić information content (AvgIpc) is 3.19. The second-order valence-electron chi connectivity index (χ2n) is 5.66. The fourth-order valence-corrected chi connectivity index (χ4v) is 2.79. The topological polar surface area (TPSA) is 87.7 Å². The molecular formula is C12H18F3N3O2. The van der Waals surface area contributed by atoms with E-state index >= 15 is 0 Å². The zero-order chi connectivity index (χ0) is 15.0. The minimum atomic E-state index is -4.47. The molecule has 0 aromatic carbocycles. The van der Waals surface area contributed by atoms with Gasteiger partial charge in [0.2, 0.25) is 5.91 Å². The lowest BCUT2D eigenvalue weighted by Gasteiger charge is -2.36. The van der Waals surface area contributed by atoms with Gasteiger partial charge in [0.15, 0.2) is 5.84 Å². The predicted octanol–water partition coefficient (Wildman–Crippen LogP) is 1.89. The molecule has 4 N–H and O–H groups in total. The summed E-state index contributed by atoms with van der Waals surface area (Å²) >= 11 is 0. The molecule has 0 atom stereocenters. The number of amides is 1. The average molecular weight is 293 g/mol. The molecular weight excluding hydrogens is 275 g/mol. The first-order chi connectivity index (χ1) is 9.27. The number of nitrogens with two attached hydrogens (primary N) is 1. The van der Waals surface area contributed by atoms with Gasteiger partial charge < -0.3 is 16.3 Å². The minimum Gasteiger partial charge on any atom is -0.409 e. The minimum absolute atomic E-state index is 0.117. The van der Waals surface area contributed by atoms with Gasteiger partial charge in [-0.15, -0.1) is 0 Å². The third-order valence-corrected chi connectivity index (χ3v) is 4.39. The van der Waals surface area contributed by atoms with E-state index in [-0.39, 0.29) is 18.7 Å². The number of hydrogen-bond donors (Lipinski definition) is 3. The monoisotopic (exact) mass is 293 g/mol. The van der Waals surface area contributed by atoms with Crippen LogP contribution < -0.4 is 11.1 Å². The molecule has 114 valence electrons. The number of hydrogen-bond acceptors (Lipinski definition) is 3. The fraction of sp³-hybridized carbons (Fsp3) is 0.833. The number of oxime groups is 1. The molecule has 2 aliphatic carbocycles. The first kappa shape index (κ1) is 14.9. The van der Waals surface area contributed by atoms with Crippen LogP contribution in [0.25, 0.3) is 0 Å². The molecule has 0 radical (unpaired) electrons. The van der Waals surface area contributed by atoms with Gasteiger partial charge >= 0.3 is 6.18 Å². The number of carbonyl (C=O) groups is 1. The van der Waals surface area contributed by atoms with Gasteiger partial charge in [-0.25, -0.2) is 0 Å². The highest BCUT2D eigenvalue weighted by molar-refractivity contribution is 6.07. The first-order valence-corrected chi connectivity index (χ1v) is 6.65. The van der Waals surface area contributed by atoms with Crippen molar-refractivity contribution in [3.63, 3.8) is 0 Å². The summed E-state index contributed by atoms with van der Waals surface area (Å²) in [6, 6.07) is 0. The van der Waals surface area contributed by atoms with E-state index in [9.17, 15) is 18.0 Å². The number of nitrogens with one attached hydrogen (secondary N) is 1. The number of alkyl halides is 3. The van der Waals surface area contributed by atoms with E-state index in [1.807, 2.05) is 0 Å². The Morgan fingerprint density at radius 3 is 2.10 bits per heavy atom. The van der Waals surface area contributed by atoms with Crippen molar-refractivity contribution in [1.29, 1.82) is 0 Å². The van der Waals surface area contributed by atoms with Crippen LogP contribution in [0.5, 0.6) is 0 Å². The molecule has 8 heteroatoms. The third kappa shape index (κ3) is 2.31. The number of amidine groups is 1. The van der Waals surface area contributed by atoms with Crippen molar-refractivity contribution in [2.75, 3.05) is 0 Å². The van der Waals surface area contributed by atoms with E-state index < -0.39 is 23.0 Å². The van der Waals surface area contributed by atoms with Gasteiger partial charge in [0, 0.05) is 0 Å². The highest BCUT2D eigenvalue weighted by Gasteiger charge is 2.65. The van der Waals surface area contributed by atoms with E-state index in [4.69, 9.17) is 10.9 Å². The predicted molar refractivity (Wildman–Crippen MR) is 65.1 cm³/mol. The van der Waals surface area contributed by atoms with E-state index in [1.54, 1.807) is 0 Å². The normalized spacial score (nSPS) is 25.1. The smallest absolute Gasteiger partial charge is 0.409 e. The van der Waals surface area contributed by atoms with Gasteiger partial charge in [0.05, 0.1) is 0 Å². The Kier molecular flexibility index (Phi) is 3.60. The van der Waals surface area contributed by atoms with Gasteiger partial charge in [0.25, 0.3) is 0 Å². The molecule has 0 aliphatic heterocycles. The van der Waals surface area contributed by atoms with Crippen LogP contribution in [-0.2, 0) is 4.79 Å². The van der Waals surface area contributed by atoms with Crippen molar-refractivity contribution in [3.05, 3.63) is 0 Å². The quantitative estimate of drug-likeness (QED) is 0.321. The Hall–Kier alpha value is -1.47. The van der Waals surface area contributed by atoms with Crippen molar-refractivity contribution in [3.8, 4) is 0 Å². The van der Waals surface area contributed by atoms with Crippen molar-refractivity contribution < 1.29 is 23.2 Å². The van der Waals surface area contributed by atoms with Crippen LogP contribution in [0.4, 0.5) is 13.2 Å². The lowest BCUT2D eigenvalue weighted by Crippen LogP contribution is -2.57. The Balaban J connectivity index is 2.21. The molecule has 0 saturated heterocycles. The van der Waals surface area contributed by atoms with E-state index in [0.717, 1.165) is 6.42 Å². The summed E-state index contributed by atoms with van der Waals surface area (Å²) in [6.45, 7) is 0. The van der Waals surface area contributed by atoms with Crippen molar-refractivity contribution in [1.82, 2.24) is 5.32 Å². The van der Waals surface area contributed by atoms with Crippen molar-refractivity contribution in [2.45, 2.75) is 56.7 Å². The van der Waals surface area contributed by atoms with Crippen molar-refractivity contribution in [2.24, 2.45) is 16.3 Å². The lowest BCUT2D eigenvalue weighted by atomic mass is 9.72. The molecule has 1 amide bonds. The Bertz CT molecular complexity index is 424. The maximum absolute atomic E-state index is 12.9. The highest BCUT2D eigenvalue weighted by Crippen LogP contribution is 2.50. The summed E-state index contributed by atoms with van der Waals surface area (Å²) in [6.07, 6.45) is -1.86. The number of halogens is 3. The summed E-state index contributed by atoms with van der Waals surface area (Å²) in [5.74, 6) is -1.07. The summed E-state index contributed by atoms with van der Waals surface area (Å²) in [4.78, 5) is 12.3. The Labute approximate surface area is 114 Å². The summed E-state index contributed by atoms with van der Waals surface area (Å²) < 4.78 is 38.7. The SMILES string of the molecule is NC(=NO)C1(C(=O)NC2(C(F)(F)F)CC2)CCCCC1. The van der Waals surface area contributed by atoms with Crippen LogP contribution in [0.15, 0.2) is 5.16 Å². The largest absolute Gasteiger partial charge is 0.411 e. The van der Waals surface area contributed by atoms with Crippen LogP contribution in [0.1, 0.15) is 44.9 Å². The van der Waals surface area contributed by atoms with Gasteiger partial charge in [-0.05, 0) is 25.7 Å². The lowest BCUT2D eigenvalue weighted by molar-refractivity contribution is -0.172. The molecule has 20 heavy (non-hydrogen) atoms. The summed E-state index contributed by atoms with van der Waals surface area (Å²) in [5.41, 5.74) is 2.16. The van der Waals surface area contributed by atoms with E-state index in [1.165, 1.54) is 0 Å². The molecule has 0 heterocycles. The number of carbonyl (C=O) groups excluding carboxylic acids is 1. The second-order valence-corrected chi connectivity index (χ2v) is 5.66. The van der Waals surface area contributed by atoms with Gasteiger partial charge in [-0.2, -0.15) is 13.2 Å². The maximum Gasteiger partial charge on any atom is 0.411 e. The van der Waals surface area contributed by atoms with Crippen LogP contribution in [0, 0.1) is 5.41 Å². The Morgan fingerprint density at radius 1 is 1.15 bits per heavy atom. The van der Waals surface area contributed by atoms with E-state index in [0.29, 0.717) is 25.7 Å². The fourth-order valence-electron chi connectivity index (χ4n) is 2.79. The molecule has 2 fully saturated rings. The first-order valence-electron chi connectivity index (χ1n) is 6.65. The second kappa shape index (κ2) is 4.82. The van der Waals surface area contributed by atoms with Crippen LogP contribution in [-0.4, -0.2) is 28.7 Å². The van der Waals surface area contributed by atoms with Crippen LogP contribution in [0.2, 0.25) is 0 Å². The van der Waals surface area contributed by atoms with Gasteiger partial charge in [-0.3, -0.25) is 4.79 Å². The van der Waals surface area contributed by atoms with Crippen LogP contribution >= 0.6 is 0 Å². The molecule has 2 rings (SSSR count). The number of rotatable bonds is 3. The molecule has 0 aromatic heterocycles. The maximum atomic E-state index is 12.9. The third-order valence-electron chi connectivity index (χ3n) is 4.39. The van der Waals surface area contributed by atoms with Gasteiger partial charge in [0.1, 0.15) is 11.0 Å². The molecule has 2 aliphatic rings. The Morgan fingerprint density at radius 2 is 1.70 bits per heavy atom.